The minimum absolute atomic E-state index is 0. The predicted octanol–water partition coefficient (Wildman–Crippen LogP) is 3.53. The quantitative estimate of drug-likeness (QED) is 0.354. The summed E-state index contributed by atoms with van der Waals surface area (Å²) >= 11 is 0. The summed E-state index contributed by atoms with van der Waals surface area (Å²) < 4.78 is 7.95. The molecule has 29 heavy (non-hydrogen) atoms. The molecule has 1 aliphatic rings. The van der Waals surface area contributed by atoms with Gasteiger partial charge >= 0.3 is 0 Å². The van der Waals surface area contributed by atoms with Crippen LogP contribution < -0.4 is 10.6 Å². The lowest BCUT2D eigenvalue weighted by Gasteiger charge is -2.22. The number of aryl methyl sites for hydroxylation is 2. The Hall–Kier alpha value is -1.61. The van der Waals surface area contributed by atoms with Crippen molar-refractivity contribution in [3.05, 3.63) is 52.8 Å². The Morgan fingerprint density at radius 3 is 2.66 bits per heavy atom. The molecule has 2 N–H and O–H groups in total. The van der Waals surface area contributed by atoms with Crippen molar-refractivity contribution < 1.29 is 4.74 Å². The van der Waals surface area contributed by atoms with Crippen molar-refractivity contribution in [1.29, 1.82) is 0 Å². The Labute approximate surface area is 191 Å². The van der Waals surface area contributed by atoms with E-state index in [1.54, 1.807) is 0 Å². The second kappa shape index (κ2) is 11.0. The first-order chi connectivity index (χ1) is 13.5. The van der Waals surface area contributed by atoms with Crippen molar-refractivity contribution in [2.75, 3.05) is 20.2 Å². The largest absolute Gasteiger partial charge is 0.373 e. The molecule has 6 nitrogen and oxygen atoms in total. The first kappa shape index (κ1) is 23.7. The van der Waals surface area contributed by atoms with Gasteiger partial charge in [-0.15, -0.1) is 24.0 Å². The van der Waals surface area contributed by atoms with Crippen LogP contribution >= 0.6 is 24.0 Å². The van der Waals surface area contributed by atoms with E-state index < -0.39 is 0 Å². The lowest BCUT2D eigenvalue weighted by Crippen LogP contribution is -2.45. The molecule has 0 amide bonds. The molecule has 0 aliphatic carbocycles. The SMILES string of the molecule is CN=C(NCC1CCOC1c1ccccc1)NC(C)Cc1c(C)nn(C)c1C.I. The van der Waals surface area contributed by atoms with Crippen LogP contribution in [0.1, 0.15) is 42.0 Å². The van der Waals surface area contributed by atoms with Gasteiger partial charge in [-0.2, -0.15) is 5.10 Å². The summed E-state index contributed by atoms with van der Waals surface area (Å²) in [5, 5.41) is 11.5. The van der Waals surface area contributed by atoms with Crippen LogP contribution in [0.3, 0.4) is 0 Å². The second-order valence-electron chi connectivity index (χ2n) is 7.73. The van der Waals surface area contributed by atoms with Crippen molar-refractivity contribution in [3.63, 3.8) is 0 Å². The molecule has 2 aromatic rings. The zero-order chi connectivity index (χ0) is 20.1. The third-order valence-corrected chi connectivity index (χ3v) is 5.65. The number of nitrogens with zero attached hydrogens (tertiary/aromatic N) is 3. The zero-order valence-electron chi connectivity index (χ0n) is 18.1. The molecule has 0 radical (unpaired) electrons. The molecule has 160 valence electrons. The lowest BCUT2D eigenvalue weighted by atomic mass is 9.95. The van der Waals surface area contributed by atoms with E-state index in [2.05, 4.69) is 65.8 Å². The van der Waals surface area contributed by atoms with Gasteiger partial charge in [0.25, 0.3) is 0 Å². The molecule has 1 fully saturated rings. The number of rotatable bonds is 6. The van der Waals surface area contributed by atoms with Gasteiger partial charge in [-0.05, 0) is 44.7 Å². The molecule has 1 aliphatic heterocycles. The Morgan fingerprint density at radius 2 is 2.03 bits per heavy atom. The van der Waals surface area contributed by atoms with Crippen LogP contribution in [0.2, 0.25) is 0 Å². The maximum atomic E-state index is 6.00. The van der Waals surface area contributed by atoms with Crippen LogP contribution in [0, 0.1) is 19.8 Å². The van der Waals surface area contributed by atoms with Crippen molar-refractivity contribution in [1.82, 2.24) is 20.4 Å². The summed E-state index contributed by atoms with van der Waals surface area (Å²) in [4.78, 5) is 4.41. The van der Waals surface area contributed by atoms with Gasteiger partial charge in [-0.1, -0.05) is 30.3 Å². The van der Waals surface area contributed by atoms with E-state index in [-0.39, 0.29) is 36.1 Å². The Morgan fingerprint density at radius 1 is 1.31 bits per heavy atom. The van der Waals surface area contributed by atoms with Gasteiger partial charge < -0.3 is 15.4 Å². The van der Waals surface area contributed by atoms with Crippen LogP contribution in [-0.2, 0) is 18.2 Å². The molecule has 0 bridgehead atoms. The highest BCUT2D eigenvalue weighted by Gasteiger charge is 2.29. The summed E-state index contributed by atoms with van der Waals surface area (Å²) in [6, 6.07) is 10.8. The number of hydrogen-bond donors (Lipinski definition) is 2. The molecule has 1 aromatic carbocycles. The molecule has 7 heteroatoms. The lowest BCUT2D eigenvalue weighted by molar-refractivity contribution is 0.0915. The van der Waals surface area contributed by atoms with E-state index in [1.807, 2.05) is 24.8 Å². The van der Waals surface area contributed by atoms with Gasteiger partial charge in [-0.3, -0.25) is 9.67 Å². The number of aromatic nitrogens is 2. The van der Waals surface area contributed by atoms with Crippen molar-refractivity contribution in [2.24, 2.45) is 18.0 Å². The zero-order valence-corrected chi connectivity index (χ0v) is 20.4. The molecular weight excluding hydrogens is 477 g/mol. The molecular formula is C22H34IN5O. The topological polar surface area (TPSA) is 63.5 Å². The van der Waals surface area contributed by atoms with Gasteiger partial charge in [0.05, 0.1) is 11.8 Å². The number of benzene rings is 1. The normalized spacial score (nSPS) is 20.2. The Balaban J connectivity index is 0.00000300. The summed E-state index contributed by atoms with van der Waals surface area (Å²) in [5.41, 5.74) is 4.89. The molecule has 1 aromatic heterocycles. The first-order valence-corrected chi connectivity index (χ1v) is 10.1. The van der Waals surface area contributed by atoms with E-state index in [4.69, 9.17) is 4.74 Å². The number of aliphatic imine (C=N–C) groups is 1. The third-order valence-electron chi connectivity index (χ3n) is 5.65. The third kappa shape index (κ3) is 5.94. The van der Waals surface area contributed by atoms with Crippen molar-refractivity contribution in [3.8, 4) is 0 Å². The van der Waals surface area contributed by atoms with Crippen LogP contribution in [0.4, 0.5) is 0 Å². The van der Waals surface area contributed by atoms with Gasteiger partial charge in [0.1, 0.15) is 0 Å². The summed E-state index contributed by atoms with van der Waals surface area (Å²) in [5.74, 6) is 1.28. The summed E-state index contributed by atoms with van der Waals surface area (Å²) in [6.07, 6.45) is 2.14. The molecule has 3 unspecified atom stereocenters. The molecule has 1 saturated heterocycles. The van der Waals surface area contributed by atoms with Crippen LogP contribution in [0.25, 0.3) is 0 Å². The smallest absolute Gasteiger partial charge is 0.191 e. The van der Waals surface area contributed by atoms with Gasteiger partial charge in [0.2, 0.25) is 0 Å². The van der Waals surface area contributed by atoms with Crippen molar-refractivity contribution in [2.45, 2.75) is 45.8 Å². The number of ether oxygens (including phenoxy) is 1. The average Bonchev–Trinajstić information content (AvgIpc) is 3.26. The van der Waals surface area contributed by atoms with Crippen LogP contribution in [0.5, 0.6) is 0 Å². The second-order valence-corrected chi connectivity index (χ2v) is 7.73. The average molecular weight is 511 g/mol. The molecule has 0 spiro atoms. The molecule has 2 heterocycles. The molecule has 3 atom stereocenters. The Kier molecular flexibility index (Phi) is 8.95. The summed E-state index contributed by atoms with van der Waals surface area (Å²) in [6.45, 7) is 8.04. The fourth-order valence-corrected chi connectivity index (χ4v) is 3.98. The van der Waals surface area contributed by atoms with E-state index in [9.17, 15) is 0 Å². The van der Waals surface area contributed by atoms with Gasteiger partial charge in [-0.25, -0.2) is 0 Å². The van der Waals surface area contributed by atoms with Crippen molar-refractivity contribution >= 4 is 29.9 Å². The molecule has 3 rings (SSSR count). The van der Waals surface area contributed by atoms with Crippen LogP contribution in [0.15, 0.2) is 35.3 Å². The highest BCUT2D eigenvalue weighted by molar-refractivity contribution is 14.0. The van der Waals surface area contributed by atoms with Gasteiger partial charge in [0, 0.05) is 44.9 Å². The highest BCUT2D eigenvalue weighted by atomic mass is 127. The molecule has 0 saturated carbocycles. The van der Waals surface area contributed by atoms with E-state index >= 15 is 0 Å². The van der Waals surface area contributed by atoms with E-state index in [0.29, 0.717) is 5.92 Å². The predicted molar refractivity (Wildman–Crippen MR) is 129 cm³/mol. The fourth-order valence-electron chi connectivity index (χ4n) is 3.98. The maximum Gasteiger partial charge on any atom is 0.191 e. The van der Waals surface area contributed by atoms with E-state index in [0.717, 1.165) is 37.6 Å². The number of hydrogen-bond acceptors (Lipinski definition) is 3. The minimum Gasteiger partial charge on any atom is -0.373 e. The van der Waals surface area contributed by atoms with Crippen LogP contribution in [-0.4, -0.2) is 42.0 Å². The summed E-state index contributed by atoms with van der Waals surface area (Å²) in [7, 11) is 3.82. The maximum absolute atomic E-state index is 6.00. The highest BCUT2D eigenvalue weighted by Crippen LogP contribution is 2.33. The number of guanidine groups is 1. The monoisotopic (exact) mass is 511 g/mol. The number of halogens is 1. The number of nitrogens with one attached hydrogen (secondary N) is 2. The minimum atomic E-state index is 0. The van der Waals surface area contributed by atoms with E-state index in [1.165, 1.54) is 16.8 Å². The van der Waals surface area contributed by atoms with Gasteiger partial charge in [0.15, 0.2) is 5.96 Å². The standard InChI is InChI=1S/C22H33N5O.HI/c1-15(13-20-16(2)26-27(5)17(20)3)25-22(23-4)24-14-19-11-12-28-21(19)18-9-7-6-8-10-18;/h6-10,15,19,21H,11-14H2,1-5H3,(H2,23,24,25);1H. The fraction of sp³-hybridized carbons (Fsp3) is 0.545. The first-order valence-electron chi connectivity index (χ1n) is 10.1. The Bertz CT molecular complexity index is 805.